The Morgan fingerprint density at radius 3 is 2.24 bits per heavy atom. The fraction of sp³-hybridized carbons (Fsp3) is 0.600. The minimum atomic E-state index is -4.21. The highest BCUT2D eigenvalue weighted by atomic mass is 19.3. The van der Waals surface area contributed by atoms with Gasteiger partial charge in [0.2, 0.25) is 0 Å². The highest BCUT2D eigenvalue weighted by Gasteiger charge is 2.55. The van der Waals surface area contributed by atoms with Gasteiger partial charge in [0.05, 0.1) is 0 Å². The van der Waals surface area contributed by atoms with Gasteiger partial charge in [-0.15, -0.1) is 0 Å². The van der Waals surface area contributed by atoms with E-state index >= 15 is 0 Å². The maximum absolute atomic E-state index is 13.3. The number of aliphatic hydroxyl groups is 1. The van der Waals surface area contributed by atoms with Crippen LogP contribution in [-0.2, 0) is 11.2 Å². The molecule has 120 valence electrons. The van der Waals surface area contributed by atoms with Gasteiger partial charge in [0.15, 0.2) is 0 Å². The Kier molecular flexibility index (Phi) is 7.11. The summed E-state index contributed by atoms with van der Waals surface area (Å²) in [6.07, 6.45) is -0.282. The van der Waals surface area contributed by atoms with Gasteiger partial charge >= 0.3 is 11.8 Å². The van der Waals surface area contributed by atoms with Crippen LogP contribution in [0.5, 0.6) is 0 Å². The lowest BCUT2D eigenvalue weighted by atomic mass is 10.1. The van der Waals surface area contributed by atoms with Gasteiger partial charge in [-0.25, -0.2) is 0 Å². The summed E-state index contributed by atoms with van der Waals surface area (Å²) in [6.45, 7) is -1.84. The number of benzene rings is 1. The summed E-state index contributed by atoms with van der Waals surface area (Å²) < 4.78 is 57.8. The number of ether oxygens (including phenoxy) is 1. The lowest BCUT2D eigenvalue weighted by Gasteiger charge is -2.26. The molecule has 0 aliphatic carbocycles. The Bertz CT molecular complexity index is 396. The first-order valence-electron chi connectivity index (χ1n) is 6.87. The Labute approximate surface area is 121 Å². The number of alkyl halides is 4. The van der Waals surface area contributed by atoms with Crippen LogP contribution >= 0.6 is 0 Å². The van der Waals surface area contributed by atoms with Crippen molar-refractivity contribution in [1.82, 2.24) is 0 Å². The molecule has 2 nitrogen and oxygen atoms in total. The molecule has 0 saturated heterocycles. The number of aliphatic hydroxyl groups excluding tert-OH is 1. The van der Waals surface area contributed by atoms with Crippen LogP contribution in [-0.4, -0.2) is 36.8 Å². The highest BCUT2D eigenvalue weighted by Crippen LogP contribution is 2.38. The van der Waals surface area contributed by atoms with Crippen molar-refractivity contribution >= 4 is 0 Å². The van der Waals surface area contributed by atoms with Crippen molar-refractivity contribution in [3.63, 3.8) is 0 Å². The summed E-state index contributed by atoms with van der Waals surface area (Å²) in [7, 11) is 0. The molecule has 0 fully saturated rings. The van der Waals surface area contributed by atoms with Crippen LogP contribution in [0, 0.1) is 0 Å². The van der Waals surface area contributed by atoms with Gasteiger partial charge < -0.3 is 9.84 Å². The molecular formula is C15H20F4O2. The van der Waals surface area contributed by atoms with E-state index in [1.54, 1.807) is 0 Å². The minimum Gasteiger partial charge on any atom is -0.396 e. The van der Waals surface area contributed by atoms with E-state index in [-0.39, 0.29) is 13.0 Å². The van der Waals surface area contributed by atoms with E-state index in [1.807, 2.05) is 30.3 Å². The molecule has 21 heavy (non-hydrogen) atoms. The SMILES string of the molecule is OCCCC(F)(F)C(F)(F)COCCCc1ccccc1. The topological polar surface area (TPSA) is 29.5 Å². The van der Waals surface area contributed by atoms with Crippen molar-refractivity contribution < 1.29 is 27.4 Å². The maximum Gasteiger partial charge on any atom is 0.332 e. The van der Waals surface area contributed by atoms with E-state index in [4.69, 9.17) is 9.84 Å². The fourth-order valence-corrected chi connectivity index (χ4v) is 1.81. The summed E-state index contributed by atoms with van der Waals surface area (Å²) in [5.74, 6) is -8.37. The van der Waals surface area contributed by atoms with Crippen LogP contribution < -0.4 is 0 Å². The highest BCUT2D eigenvalue weighted by molar-refractivity contribution is 5.14. The van der Waals surface area contributed by atoms with Gasteiger partial charge in [-0.3, -0.25) is 0 Å². The molecule has 6 heteroatoms. The maximum atomic E-state index is 13.3. The van der Waals surface area contributed by atoms with Crippen molar-refractivity contribution in [3.05, 3.63) is 35.9 Å². The second-order valence-electron chi connectivity index (χ2n) is 4.88. The van der Waals surface area contributed by atoms with E-state index in [2.05, 4.69) is 0 Å². The van der Waals surface area contributed by atoms with E-state index in [9.17, 15) is 17.6 Å². The molecule has 0 heterocycles. The average Bonchev–Trinajstić information content (AvgIpc) is 2.45. The van der Waals surface area contributed by atoms with Gasteiger partial charge in [-0.2, -0.15) is 17.6 Å². The Morgan fingerprint density at radius 1 is 0.952 bits per heavy atom. The molecule has 1 aromatic carbocycles. The lowest BCUT2D eigenvalue weighted by molar-refractivity contribution is -0.235. The van der Waals surface area contributed by atoms with Crippen LogP contribution in [0.15, 0.2) is 30.3 Å². The molecule has 1 aromatic rings. The standard InChI is InChI=1S/C15H20F4O2/c16-14(17,9-5-10-20)15(18,19)12-21-11-4-8-13-6-2-1-3-7-13/h1-3,6-7,20H,4-5,8-12H2. The van der Waals surface area contributed by atoms with Crippen molar-refractivity contribution in [2.45, 2.75) is 37.5 Å². The summed E-state index contributed by atoms with van der Waals surface area (Å²) in [5, 5.41) is 8.44. The molecule has 0 aromatic heterocycles. The number of hydrogen-bond acceptors (Lipinski definition) is 2. The van der Waals surface area contributed by atoms with Gasteiger partial charge in [0, 0.05) is 19.6 Å². The molecule has 0 amide bonds. The smallest absolute Gasteiger partial charge is 0.332 e. The van der Waals surface area contributed by atoms with Crippen LogP contribution in [0.25, 0.3) is 0 Å². The molecular weight excluding hydrogens is 288 g/mol. The second-order valence-corrected chi connectivity index (χ2v) is 4.88. The van der Waals surface area contributed by atoms with Crippen LogP contribution in [0.1, 0.15) is 24.8 Å². The third-order valence-corrected chi connectivity index (χ3v) is 3.06. The first kappa shape index (κ1) is 17.9. The molecule has 0 radical (unpaired) electrons. The molecule has 0 bridgehead atoms. The molecule has 0 spiro atoms. The van der Waals surface area contributed by atoms with E-state index in [1.165, 1.54) is 0 Å². The fourth-order valence-electron chi connectivity index (χ4n) is 1.81. The summed E-state index contributed by atoms with van der Waals surface area (Å²) in [6, 6.07) is 9.41. The third kappa shape index (κ3) is 6.01. The zero-order chi connectivity index (χ0) is 15.8. The van der Waals surface area contributed by atoms with Gasteiger partial charge in [-0.05, 0) is 24.8 Å². The molecule has 0 aliphatic heterocycles. The molecule has 0 atom stereocenters. The quantitative estimate of drug-likeness (QED) is 0.528. The van der Waals surface area contributed by atoms with Crippen molar-refractivity contribution in [2.24, 2.45) is 0 Å². The second kappa shape index (κ2) is 8.34. The number of halogens is 4. The molecule has 0 saturated carbocycles. The number of aryl methyl sites for hydroxylation is 1. The van der Waals surface area contributed by atoms with Crippen molar-refractivity contribution in [2.75, 3.05) is 19.8 Å². The monoisotopic (exact) mass is 308 g/mol. The lowest BCUT2D eigenvalue weighted by Crippen LogP contribution is -2.44. The average molecular weight is 308 g/mol. The van der Waals surface area contributed by atoms with E-state index < -0.39 is 31.5 Å². The first-order valence-corrected chi connectivity index (χ1v) is 6.87. The zero-order valence-corrected chi connectivity index (χ0v) is 11.7. The number of rotatable bonds is 10. The third-order valence-electron chi connectivity index (χ3n) is 3.06. The van der Waals surface area contributed by atoms with Gasteiger partial charge in [0.25, 0.3) is 0 Å². The first-order chi connectivity index (χ1) is 9.89. The van der Waals surface area contributed by atoms with E-state index in [0.29, 0.717) is 12.8 Å². The van der Waals surface area contributed by atoms with E-state index in [0.717, 1.165) is 5.56 Å². The molecule has 0 aliphatic rings. The minimum absolute atomic E-state index is 0.000560. The van der Waals surface area contributed by atoms with Crippen molar-refractivity contribution in [1.29, 1.82) is 0 Å². The molecule has 1 N–H and O–H groups in total. The summed E-state index contributed by atoms with van der Waals surface area (Å²) >= 11 is 0. The van der Waals surface area contributed by atoms with Gasteiger partial charge in [0.1, 0.15) is 6.61 Å². The number of hydrogen-bond donors (Lipinski definition) is 1. The Morgan fingerprint density at radius 2 is 1.62 bits per heavy atom. The molecule has 1 rings (SSSR count). The van der Waals surface area contributed by atoms with Gasteiger partial charge in [-0.1, -0.05) is 30.3 Å². The van der Waals surface area contributed by atoms with Crippen molar-refractivity contribution in [3.8, 4) is 0 Å². The van der Waals surface area contributed by atoms with Crippen LogP contribution in [0.3, 0.4) is 0 Å². The zero-order valence-electron chi connectivity index (χ0n) is 11.7. The molecule has 0 unspecified atom stereocenters. The van der Waals surface area contributed by atoms with Crippen LogP contribution in [0.2, 0.25) is 0 Å². The summed E-state index contributed by atoms with van der Waals surface area (Å²) in [5.41, 5.74) is 1.04. The predicted molar refractivity (Wildman–Crippen MR) is 71.8 cm³/mol. The largest absolute Gasteiger partial charge is 0.396 e. The normalized spacial score (nSPS) is 12.6. The van der Waals surface area contributed by atoms with Crippen LogP contribution in [0.4, 0.5) is 17.6 Å². The Hall–Kier alpha value is -1.14. The Balaban J connectivity index is 2.27. The summed E-state index contributed by atoms with van der Waals surface area (Å²) in [4.78, 5) is 0. The predicted octanol–water partition coefficient (Wildman–Crippen LogP) is 3.68.